The molecule has 1 fully saturated rings. The molecule has 18 heavy (non-hydrogen) atoms. The van der Waals surface area contributed by atoms with Crippen molar-refractivity contribution in [3.8, 4) is 0 Å². The fraction of sp³-hybridized carbons (Fsp3) is 0.533. The Hall–Kier alpha value is -1.51. The SMILES string of the molecule is Nc1ccc(CNC(=O)CC2CCCCC2)cc1. The molecule has 2 rings (SSSR count). The Morgan fingerprint density at radius 1 is 1.17 bits per heavy atom. The molecule has 1 amide bonds. The molecule has 1 aromatic rings. The average Bonchev–Trinajstić information content (AvgIpc) is 2.39. The van der Waals surface area contributed by atoms with Crippen molar-refractivity contribution in [2.75, 3.05) is 5.73 Å². The molecule has 1 aliphatic rings. The molecule has 0 aromatic heterocycles. The zero-order chi connectivity index (χ0) is 12.8. The van der Waals surface area contributed by atoms with Crippen LogP contribution in [0.25, 0.3) is 0 Å². The molecule has 98 valence electrons. The van der Waals surface area contributed by atoms with Gasteiger partial charge in [0, 0.05) is 18.7 Å². The average molecular weight is 246 g/mol. The Labute approximate surface area is 109 Å². The lowest BCUT2D eigenvalue weighted by atomic mass is 9.87. The first-order valence-corrected chi connectivity index (χ1v) is 6.85. The molecule has 3 heteroatoms. The minimum atomic E-state index is 0.179. The van der Waals surface area contributed by atoms with Crippen LogP contribution < -0.4 is 11.1 Å². The lowest BCUT2D eigenvalue weighted by Crippen LogP contribution is -2.25. The van der Waals surface area contributed by atoms with Gasteiger partial charge in [-0.05, 0) is 36.5 Å². The van der Waals surface area contributed by atoms with Crippen molar-refractivity contribution in [1.29, 1.82) is 0 Å². The van der Waals surface area contributed by atoms with E-state index in [1.54, 1.807) is 0 Å². The van der Waals surface area contributed by atoms with Crippen LogP contribution in [0, 0.1) is 5.92 Å². The van der Waals surface area contributed by atoms with Gasteiger partial charge < -0.3 is 11.1 Å². The second-order valence-electron chi connectivity index (χ2n) is 5.23. The summed E-state index contributed by atoms with van der Waals surface area (Å²) in [6.07, 6.45) is 7.04. The van der Waals surface area contributed by atoms with Crippen LogP contribution in [-0.4, -0.2) is 5.91 Å². The zero-order valence-corrected chi connectivity index (χ0v) is 10.8. The number of nitrogens with two attached hydrogens (primary N) is 1. The third-order valence-corrected chi connectivity index (χ3v) is 3.67. The molecule has 3 nitrogen and oxygen atoms in total. The van der Waals surface area contributed by atoms with Gasteiger partial charge in [0.1, 0.15) is 0 Å². The van der Waals surface area contributed by atoms with E-state index in [1.807, 2.05) is 24.3 Å². The maximum absolute atomic E-state index is 11.8. The van der Waals surface area contributed by atoms with Crippen LogP contribution in [0.2, 0.25) is 0 Å². The van der Waals surface area contributed by atoms with Crippen molar-refractivity contribution >= 4 is 11.6 Å². The number of benzene rings is 1. The Balaban J connectivity index is 1.72. The van der Waals surface area contributed by atoms with E-state index < -0.39 is 0 Å². The van der Waals surface area contributed by atoms with Gasteiger partial charge in [0.25, 0.3) is 0 Å². The lowest BCUT2D eigenvalue weighted by molar-refractivity contribution is -0.122. The first-order chi connectivity index (χ1) is 8.74. The van der Waals surface area contributed by atoms with E-state index in [0.717, 1.165) is 11.3 Å². The monoisotopic (exact) mass is 246 g/mol. The summed E-state index contributed by atoms with van der Waals surface area (Å²) in [5, 5.41) is 2.99. The number of carbonyl (C=O) groups is 1. The summed E-state index contributed by atoms with van der Waals surface area (Å²) in [5.41, 5.74) is 7.47. The number of hydrogen-bond donors (Lipinski definition) is 2. The number of nitrogens with one attached hydrogen (secondary N) is 1. The molecule has 1 aromatic carbocycles. The van der Waals surface area contributed by atoms with Gasteiger partial charge in [-0.1, -0.05) is 31.4 Å². The highest BCUT2D eigenvalue weighted by Gasteiger charge is 2.16. The van der Waals surface area contributed by atoms with Gasteiger partial charge >= 0.3 is 0 Å². The highest BCUT2D eigenvalue weighted by Crippen LogP contribution is 2.26. The van der Waals surface area contributed by atoms with E-state index in [0.29, 0.717) is 18.9 Å². The number of hydrogen-bond acceptors (Lipinski definition) is 2. The minimum Gasteiger partial charge on any atom is -0.399 e. The number of carbonyl (C=O) groups excluding carboxylic acids is 1. The van der Waals surface area contributed by atoms with Crippen molar-refractivity contribution in [1.82, 2.24) is 5.32 Å². The number of amides is 1. The van der Waals surface area contributed by atoms with Crippen LogP contribution >= 0.6 is 0 Å². The number of rotatable bonds is 4. The molecule has 3 N–H and O–H groups in total. The van der Waals surface area contributed by atoms with Crippen LogP contribution in [-0.2, 0) is 11.3 Å². The summed E-state index contributed by atoms with van der Waals surface area (Å²) in [4.78, 5) is 11.8. The summed E-state index contributed by atoms with van der Waals surface area (Å²) in [6, 6.07) is 7.64. The third kappa shape index (κ3) is 4.06. The summed E-state index contributed by atoms with van der Waals surface area (Å²) < 4.78 is 0. The maximum atomic E-state index is 11.8. The van der Waals surface area contributed by atoms with Gasteiger partial charge in [-0.3, -0.25) is 4.79 Å². The topological polar surface area (TPSA) is 55.1 Å². The molecule has 0 bridgehead atoms. The second kappa shape index (κ2) is 6.43. The Bertz CT molecular complexity index is 380. The zero-order valence-electron chi connectivity index (χ0n) is 10.8. The van der Waals surface area contributed by atoms with Crippen molar-refractivity contribution in [2.24, 2.45) is 5.92 Å². The van der Waals surface area contributed by atoms with E-state index in [4.69, 9.17) is 5.73 Å². The first-order valence-electron chi connectivity index (χ1n) is 6.85. The smallest absolute Gasteiger partial charge is 0.220 e. The van der Waals surface area contributed by atoms with E-state index in [9.17, 15) is 4.79 Å². The molecule has 0 heterocycles. The molecule has 0 atom stereocenters. The predicted molar refractivity (Wildman–Crippen MR) is 73.9 cm³/mol. The van der Waals surface area contributed by atoms with Crippen molar-refractivity contribution in [3.05, 3.63) is 29.8 Å². The molecule has 0 radical (unpaired) electrons. The van der Waals surface area contributed by atoms with Gasteiger partial charge in [0.2, 0.25) is 5.91 Å². The maximum Gasteiger partial charge on any atom is 0.220 e. The van der Waals surface area contributed by atoms with Gasteiger partial charge in [-0.15, -0.1) is 0 Å². The van der Waals surface area contributed by atoms with Gasteiger partial charge in [0.05, 0.1) is 0 Å². The lowest BCUT2D eigenvalue weighted by Gasteiger charge is -2.20. The van der Waals surface area contributed by atoms with Crippen LogP contribution in [0.1, 0.15) is 44.1 Å². The van der Waals surface area contributed by atoms with Crippen molar-refractivity contribution < 1.29 is 4.79 Å². The molecular formula is C15H22N2O. The fourth-order valence-electron chi connectivity index (χ4n) is 2.56. The minimum absolute atomic E-state index is 0.179. The summed E-state index contributed by atoms with van der Waals surface area (Å²) in [7, 11) is 0. The summed E-state index contributed by atoms with van der Waals surface area (Å²) in [5.74, 6) is 0.781. The molecule has 0 spiro atoms. The van der Waals surface area contributed by atoms with Gasteiger partial charge in [0.15, 0.2) is 0 Å². The summed E-state index contributed by atoms with van der Waals surface area (Å²) in [6.45, 7) is 0.603. The van der Waals surface area contributed by atoms with Gasteiger partial charge in [-0.25, -0.2) is 0 Å². The molecular weight excluding hydrogens is 224 g/mol. The molecule has 0 unspecified atom stereocenters. The van der Waals surface area contributed by atoms with Crippen molar-refractivity contribution in [2.45, 2.75) is 45.1 Å². The van der Waals surface area contributed by atoms with Crippen LogP contribution in [0.5, 0.6) is 0 Å². The molecule has 0 saturated heterocycles. The third-order valence-electron chi connectivity index (χ3n) is 3.67. The van der Waals surface area contributed by atoms with E-state index in [2.05, 4.69) is 5.32 Å². The molecule has 1 saturated carbocycles. The normalized spacial score (nSPS) is 16.4. The predicted octanol–water partition coefficient (Wildman–Crippen LogP) is 2.86. The Morgan fingerprint density at radius 2 is 1.83 bits per heavy atom. The first kappa shape index (κ1) is 12.9. The Kier molecular flexibility index (Phi) is 4.62. The Morgan fingerprint density at radius 3 is 2.50 bits per heavy atom. The van der Waals surface area contributed by atoms with E-state index in [-0.39, 0.29) is 5.91 Å². The van der Waals surface area contributed by atoms with Crippen molar-refractivity contribution in [3.63, 3.8) is 0 Å². The highest BCUT2D eigenvalue weighted by molar-refractivity contribution is 5.76. The van der Waals surface area contributed by atoms with E-state index >= 15 is 0 Å². The van der Waals surface area contributed by atoms with E-state index in [1.165, 1.54) is 32.1 Å². The number of nitrogen functional groups attached to an aromatic ring is 1. The number of anilines is 1. The van der Waals surface area contributed by atoms with Crippen LogP contribution in [0.3, 0.4) is 0 Å². The van der Waals surface area contributed by atoms with Crippen LogP contribution in [0.4, 0.5) is 5.69 Å². The quantitative estimate of drug-likeness (QED) is 0.803. The molecule has 1 aliphatic carbocycles. The largest absolute Gasteiger partial charge is 0.399 e. The van der Waals surface area contributed by atoms with Crippen LogP contribution in [0.15, 0.2) is 24.3 Å². The summed E-state index contributed by atoms with van der Waals surface area (Å²) >= 11 is 0. The fourth-order valence-corrected chi connectivity index (χ4v) is 2.56. The highest BCUT2D eigenvalue weighted by atomic mass is 16.1. The molecule has 0 aliphatic heterocycles. The standard InChI is InChI=1S/C15H22N2O/c16-14-8-6-13(7-9-14)11-17-15(18)10-12-4-2-1-3-5-12/h6-9,12H,1-5,10-11,16H2,(H,17,18). The van der Waals surface area contributed by atoms with Gasteiger partial charge in [-0.2, -0.15) is 0 Å². The second-order valence-corrected chi connectivity index (χ2v) is 5.23.